The molecule has 1 fully saturated rings. The summed E-state index contributed by atoms with van der Waals surface area (Å²) in [6.07, 6.45) is 1.25. The monoisotopic (exact) mass is 422 g/mol. The molecule has 3 rings (SSSR count). The van der Waals surface area contributed by atoms with Crippen LogP contribution in [-0.2, 0) is 11.2 Å². The number of aromatic nitrogens is 1. The second-order valence-corrected chi connectivity index (χ2v) is 7.21. The van der Waals surface area contributed by atoms with E-state index in [0.717, 1.165) is 19.5 Å². The minimum Gasteiger partial charge on any atom is -0.341 e. The molecule has 1 unspecified atom stereocenters. The summed E-state index contributed by atoms with van der Waals surface area (Å²) in [4.78, 5) is 31.0. The third-order valence-electron chi connectivity index (χ3n) is 3.82. The first-order valence-corrected chi connectivity index (χ1v) is 9.15. The van der Waals surface area contributed by atoms with E-state index in [9.17, 15) is 9.59 Å². The molecule has 1 aliphatic heterocycles. The molecule has 3 heterocycles. The number of thiazole rings is 1. The Morgan fingerprint density at radius 3 is 2.84 bits per heavy atom. The van der Waals surface area contributed by atoms with Crippen molar-refractivity contribution < 1.29 is 9.59 Å². The van der Waals surface area contributed by atoms with E-state index in [0.29, 0.717) is 15.7 Å². The molecule has 2 aromatic rings. The van der Waals surface area contributed by atoms with Crippen LogP contribution in [0.2, 0.25) is 0 Å². The first-order valence-electron chi connectivity index (χ1n) is 7.39. The largest absolute Gasteiger partial charge is 0.341 e. The lowest BCUT2D eigenvalue weighted by atomic mass is 10.2. The number of likely N-dealkylation sites (N-methyl/N-ethyl adjacent to an activating group) is 1. The zero-order valence-electron chi connectivity index (χ0n) is 13.6. The number of hydrogen-bond donors (Lipinski definition) is 2. The Morgan fingerprint density at radius 2 is 2.20 bits per heavy atom. The van der Waals surface area contributed by atoms with Crippen LogP contribution in [0.15, 0.2) is 22.9 Å². The van der Waals surface area contributed by atoms with Crippen molar-refractivity contribution in [2.24, 2.45) is 0 Å². The standard InChI is InChI=1S/C15H18N4O2S2.2ClH/c1-19(11-4-5-16-8-11)13(20)7-10-9-23-15(17-10)18-14(21)12-3-2-6-22-12;;/h2-3,6,9,11,16H,4-5,7-8H2,1H3,(H,17,18,21);2*1H. The van der Waals surface area contributed by atoms with Crippen LogP contribution in [0.5, 0.6) is 0 Å². The van der Waals surface area contributed by atoms with Gasteiger partial charge in [0.15, 0.2) is 5.13 Å². The second-order valence-electron chi connectivity index (χ2n) is 5.40. The van der Waals surface area contributed by atoms with Crippen LogP contribution in [0, 0.1) is 0 Å². The Kier molecular flexibility index (Phi) is 8.81. The van der Waals surface area contributed by atoms with E-state index < -0.39 is 0 Å². The first-order chi connectivity index (χ1) is 11.1. The van der Waals surface area contributed by atoms with E-state index in [1.807, 2.05) is 23.9 Å². The first kappa shape index (κ1) is 21.9. The van der Waals surface area contributed by atoms with Crippen LogP contribution in [-0.4, -0.2) is 47.9 Å². The normalized spacial score (nSPS) is 15.8. The molecule has 1 saturated heterocycles. The van der Waals surface area contributed by atoms with Crippen molar-refractivity contribution >= 4 is 64.4 Å². The van der Waals surface area contributed by atoms with Gasteiger partial charge in [-0.25, -0.2) is 4.98 Å². The number of thiophene rings is 1. The van der Waals surface area contributed by atoms with E-state index in [2.05, 4.69) is 15.6 Å². The lowest BCUT2D eigenvalue weighted by molar-refractivity contribution is -0.130. The minimum absolute atomic E-state index is 0. The predicted octanol–water partition coefficient (Wildman–Crippen LogP) is 2.66. The third kappa shape index (κ3) is 5.65. The van der Waals surface area contributed by atoms with Crippen LogP contribution in [0.4, 0.5) is 5.13 Å². The molecule has 0 radical (unpaired) electrons. The lowest BCUT2D eigenvalue weighted by Gasteiger charge is -2.23. The summed E-state index contributed by atoms with van der Waals surface area (Å²) in [5.41, 5.74) is 0.694. The number of anilines is 1. The van der Waals surface area contributed by atoms with Crippen molar-refractivity contribution in [1.29, 1.82) is 0 Å². The molecular formula is C15H20Cl2N4O2S2. The molecule has 2 N–H and O–H groups in total. The highest BCUT2D eigenvalue weighted by Gasteiger charge is 2.23. The van der Waals surface area contributed by atoms with Crippen molar-refractivity contribution in [1.82, 2.24) is 15.2 Å². The highest BCUT2D eigenvalue weighted by molar-refractivity contribution is 7.14. The zero-order valence-corrected chi connectivity index (χ0v) is 16.8. The van der Waals surface area contributed by atoms with Gasteiger partial charge in [-0.15, -0.1) is 47.5 Å². The molecule has 2 amide bonds. The summed E-state index contributed by atoms with van der Waals surface area (Å²) in [5, 5.41) is 10.2. The van der Waals surface area contributed by atoms with Gasteiger partial charge in [-0.05, 0) is 24.4 Å². The minimum atomic E-state index is -0.165. The molecule has 25 heavy (non-hydrogen) atoms. The highest BCUT2D eigenvalue weighted by Crippen LogP contribution is 2.19. The molecule has 0 bridgehead atoms. The molecule has 0 aromatic carbocycles. The summed E-state index contributed by atoms with van der Waals surface area (Å²) in [6.45, 7) is 1.80. The number of amides is 2. The average molecular weight is 423 g/mol. The number of hydrogen-bond acceptors (Lipinski definition) is 6. The average Bonchev–Trinajstić information content (AvgIpc) is 3.29. The Labute approximate surface area is 166 Å². The van der Waals surface area contributed by atoms with E-state index in [1.54, 1.807) is 11.0 Å². The molecule has 0 saturated carbocycles. The van der Waals surface area contributed by atoms with E-state index in [-0.39, 0.29) is 49.1 Å². The van der Waals surface area contributed by atoms with Gasteiger partial charge in [0.05, 0.1) is 17.0 Å². The van der Waals surface area contributed by atoms with Gasteiger partial charge in [-0.3, -0.25) is 14.9 Å². The summed E-state index contributed by atoms with van der Waals surface area (Å²) in [6, 6.07) is 3.86. The summed E-state index contributed by atoms with van der Waals surface area (Å²) >= 11 is 2.72. The predicted molar refractivity (Wildman–Crippen MR) is 107 cm³/mol. The van der Waals surface area contributed by atoms with Crippen molar-refractivity contribution in [2.75, 3.05) is 25.5 Å². The molecule has 6 nitrogen and oxygen atoms in total. The fourth-order valence-corrected chi connectivity index (χ4v) is 3.79. The van der Waals surface area contributed by atoms with E-state index in [4.69, 9.17) is 0 Å². The topological polar surface area (TPSA) is 74.3 Å². The van der Waals surface area contributed by atoms with E-state index >= 15 is 0 Å². The van der Waals surface area contributed by atoms with Crippen molar-refractivity contribution in [2.45, 2.75) is 18.9 Å². The molecule has 0 spiro atoms. The van der Waals surface area contributed by atoms with Crippen LogP contribution < -0.4 is 10.6 Å². The Morgan fingerprint density at radius 1 is 1.40 bits per heavy atom. The SMILES string of the molecule is CN(C(=O)Cc1csc(NC(=O)c2cccs2)n1)C1CCNC1.Cl.Cl. The Balaban J connectivity index is 0.00000156. The van der Waals surface area contributed by atoms with Crippen molar-refractivity contribution in [3.63, 3.8) is 0 Å². The molecule has 10 heteroatoms. The summed E-state index contributed by atoms with van der Waals surface area (Å²) < 4.78 is 0. The second kappa shape index (κ2) is 10.1. The maximum Gasteiger partial charge on any atom is 0.267 e. The fourth-order valence-electron chi connectivity index (χ4n) is 2.47. The number of rotatable bonds is 5. The lowest BCUT2D eigenvalue weighted by Crippen LogP contribution is -2.39. The summed E-state index contributed by atoms with van der Waals surface area (Å²) in [5.74, 6) is -0.110. The van der Waals surface area contributed by atoms with Gasteiger partial charge in [0.1, 0.15) is 0 Å². The number of nitrogens with one attached hydrogen (secondary N) is 2. The van der Waals surface area contributed by atoms with Gasteiger partial charge in [-0.1, -0.05) is 6.07 Å². The van der Waals surface area contributed by atoms with Gasteiger partial charge >= 0.3 is 0 Å². The van der Waals surface area contributed by atoms with Gasteiger partial charge in [0, 0.05) is 25.0 Å². The number of carbonyl (C=O) groups is 2. The molecule has 1 aliphatic rings. The number of halogens is 2. The third-order valence-corrected chi connectivity index (χ3v) is 5.50. The number of nitrogens with zero attached hydrogens (tertiary/aromatic N) is 2. The maximum atomic E-state index is 12.3. The van der Waals surface area contributed by atoms with Crippen molar-refractivity contribution in [3.8, 4) is 0 Å². The van der Waals surface area contributed by atoms with Crippen LogP contribution in [0.3, 0.4) is 0 Å². The molecular weight excluding hydrogens is 403 g/mol. The van der Waals surface area contributed by atoms with Crippen molar-refractivity contribution in [3.05, 3.63) is 33.5 Å². The molecule has 1 atom stereocenters. The number of carbonyl (C=O) groups excluding carboxylic acids is 2. The summed E-state index contributed by atoms with van der Waals surface area (Å²) in [7, 11) is 1.84. The van der Waals surface area contributed by atoms with E-state index in [1.165, 1.54) is 22.7 Å². The Bertz CT molecular complexity index is 688. The van der Waals surface area contributed by atoms with Gasteiger partial charge < -0.3 is 10.2 Å². The molecule has 0 aliphatic carbocycles. The quantitative estimate of drug-likeness (QED) is 0.776. The molecule has 2 aromatic heterocycles. The Hall–Kier alpha value is -1.19. The van der Waals surface area contributed by atoms with Crippen LogP contribution >= 0.6 is 47.5 Å². The van der Waals surface area contributed by atoms with Crippen LogP contribution in [0.25, 0.3) is 0 Å². The highest BCUT2D eigenvalue weighted by atomic mass is 35.5. The van der Waals surface area contributed by atoms with Gasteiger partial charge in [-0.2, -0.15) is 0 Å². The van der Waals surface area contributed by atoms with Crippen LogP contribution in [0.1, 0.15) is 21.8 Å². The molecule has 138 valence electrons. The fraction of sp³-hybridized carbons (Fsp3) is 0.400. The maximum absolute atomic E-state index is 12.3. The zero-order chi connectivity index (χ0) is 16.2. The van der Waals surface area contributed by atoms with Gasteiger partial charge in [0.25, 0.3) is 5.91 Å². The smallest absolute Gasteiger partial charge is 0.267 e. The van der Waals surface area contributed by atoms with Gasteiger partial charge in [0.2, 0.25) is 5.91 Å².